The van der Waals surface area contributed by atoms with Crippen molar-refractivity contribution < 1.29 is 22.7 Å². The molecule has 7 nitrogen and oxygen atoms in total. The SMILES string of the molecule is CCOCCCNS(=O)(=O)c1ccc(C)c(C(=O)NCCOC)c1. The molecule has 0 saturated heterocycles. The molecule has 0 aliphatic heterocycles. The zero-order valence-corrected chi connectivity index (χ0v) is 15.2. The highest BCUT2D eigenvalue weighted by Crippen LogP contribution is 2.15. The number of sulfonamides is 1. The maximum Gasteiger partial charge on any atom is 0.251 e. The third-order valence-electron chi connectivity index (χ3n) is 3.32. The summed E-state index contributed by atoms with van der Waals surface area (Å²) < 4.78 is 37.2. The molecule has 0 aliphatic carbocycles. The fourth-order valence-electron chi connectivity index (χ4n) is 1.98. The Labute approximate surface area is 143 Å². The Morgan fingerprint density at radius 1 is 1.21 bits per heavy atom. The maximum absolute atomic E-state index is 12.3. The van der Waals surface area contributed by atoms with E-state index in [2.05, 4.69) is 10.0 Å². The third kappa shape index (κ3) is 6.56. The van der Waals surface area contributed by atoms with Crippen LogP contribution in [-0.4, -0.2) is 54.3 Å². The predicted molar refractivity (Wildman–Crippen MR) is 91.7 cm³/mol. The second-order valence-electron chi connectivity index (χ2n) is 5.17. The van der Waals surface area contributed by atoms with Gasteiger partial charge >= 0.3 is 0 Å². The number of ether oxygens (including phenoxy) is 2. The lowest BCUT2D eigenvalue weighted by Gasteiger charge is -2.11. The van der Waals surface area contributed by atoms with E-state index in [9.17, 15) is 13.2 Å². The standard InChI is InChI=1S/C16H26N2O5S/c1-4-23-10-5-8-18-24(20,21)14-7-6-13(2)15(12-14)16(19)17-9-11-22-3/h6-7,12,18H,4-5,8-11H2,1-3H3,(H,17,19). The summed E-state index contributed by atoms with van der Waals surface area (Å²) in [5.74, 6) is -0.321. The Balaban J connectivity index is 2.77. The first-order valence-electron chi connectivity index (χ1n) is 7.87. The quantitative estimate of drug-likeness (QED) is 0.577. The summed E-state index contributed by atoms with van der Waals surface area (Å²) in [7, 11) is -2.11. The molecule has 0 aliphatic rings. The van der Waals surface area contributed by atoms with Gasteiger partial charge in [-0.3, -0.25) is 4.79 Å². The monoisotopic (exact) mass is 358 g/mol. The average molecular weight is 358 g/mol. The first kappa shape index (κ1) is 20.6. The van der Waals surface area contributed by atoms with Crippen LogP contribution in [-0.2, 0) is 19.5 Å². The van der Waals surface area contributed by atoms with Crippen LogP contribution in [0.5, 0.6) is 0 Å². The number of rotatable bonds is 11. The van der Waals surface area contributed by atoms with Crippen LogP contribution in [0, 0.1) is 6.92 Å². The lowest BCUT2D eigenvalue weighted by molar-refractivity contribution is 0.0936. The Kier molecular flexibility index (Phi) is 8.91. The maximum atomic E-state index is 12.3. The van der Waals surface area contributed by atoms with Crippen LogP contribution >= 0.6 is 0 Å². The largest absolute Gasteiger partial charge is 0.383 e. The smallest absolute Gasteiger partial charge is 0.251 e. The molecule has 8 heteroatoms. The van der Waals surface area contributed by atoms with Crippen molar-refractivity contribution >= 4 is 15.9 Å². The van der Waals surface area contributed by atoms with E-state index in [1.165, 1.54) is 12.1 Å². The number of hydrogen-bond acceptors (Lipinski definition) is 5. The van der Waals surface area contributed by atoms with E-state index in [0.717, 1.165) is 0 Å². The van der Waals surface area contributed by atoms with Gasteiger partial charge in [-0.15, -0.1) is 0 Å². The summed E-state index contributed by atoms with van der Waals surface area (Å²) in [6.07, 6.45) is 0.587. The van der Waals surface area contributed by atoms with E-state index in [1.54, 1.807) is 20.1 Å². The highest BCUT2D eigenvalue weighted by atomic mass is 32.2. The second kappa shape index (κ2) is 10.4. The van der Waals surface area contributed by atoms with Crippen LogP contribution in [0.25, 0.3) is 0 Å². The number of nitrogens with one attached hydrogen (secondary N) is 2. The highest BCUT2D eigenvalue weighted by Gasteiger charge is 2.17. The molecule has 0 fully saturated rings. The Hall–Kier alpha value is -1.48. The minimum absolute atomic E-state index is 0.0707. The van der Waals surface area contributed by atoms with Crippen molar-refractivity contribution in [3.05, 3.63) is 29.3 Å². The molecule has 0 saturated carbocycles. The lowest BCUT2D eigenvalue weighted by Crippen LogP contribution is -2.29. The lowest BCUT2D eigenvalue weighted by atomic mass is 10.1. The van der Waals surface area contributed by atoms with E-state index in [-0.39, 0.29) is 17.3 Å². The van der Waals surface area contributed by atoms with Crippen LogP contribution < -0.4 is 10.0 Å². The molecule has 0 bridgehead atoms. The third-order valence-corrected chi connectivity index (χ3v) is 4.78. The van der Waals surface area contributed by atoms with Crippen LogP contribution in [0.2, 0.25) is 0 Å². The van der Waals surface area contributed by atoms with Gasteiger partial charge in [0.15, 0.2) is 0 Å². The molecule has 1 aromatic rings. The summed E-state index contributed by atoms with van der Waals surface area (Å²) in [6.45, 7) is 5.79. The minimum Gasteiger partial charge on any atom is -0.383 e. The summed E-state index contributed by atoms with van der Waals surface area (Å²) in [5, 5.41) is 2.69. The van der Waals surface area contributed by atoms with E-state index >= 15 is 0 Å². The Morgan fingerprint density at radius 2 is 1.96 bits per heavy atom. The molecule has 0 unspecified atom stereocenters. The number of amides is 1. The molecule has 1 aromatic carbocycles. The van der Waals surface area contributed by atoms with Gasteiger partial charge in [-0.25, -0.2) is 13.1 Å². The molecule has 0 aromatic heterocycles. The topological polar surface area (TPSA) is 93.7 Å². The van der Waals surface area contributed by atoms with E-state index in [4.69, 9.17) is 9.47 Å². The molecule has 1 amide bonds. The minimum atomic E-state index is -3.66. The van der Waals surface area contributed by atoms with Crippen molar-refractivity contribution in [2.24, 2.45) is 0 Å². The number of benzene rings is 1. The second-order valence-corrected chi connectivity index (χ2v) is 6.94. The van der Waals surface area contributed by atoms with Gasteiger partial charge in [0.25, 0.3) is 5.91 Å². The number of carbonyl (C=O) groups is 1. The van der Waals surface area contributed by atoms with Crippen molar-refractivity contribution in [2.75, 3.05) is 40.0 Å². The molecular weight excluding hydrogens is 332 g/mol. The molecule has 0 radical (unpaired) electrons. The highest BCUT2D eigenvalue weighted by molar-refractivity contribution is 7.89. The van der Waals surface area contributed by atoms with E-state index in [0.29, 0.717) is 43.9 Å². The normalized spacial score (nSPS) is 11.5. The average Bonchev–Trinajstić information content (AvgIpc) is 2.55. The molecule has 1 rings (SSSR count). The summed E-state index contributed by atoms with van der Waals surface area (Å²) >= 11 is 0. The molecule has 2 N–H and O–H groups in total. The zero-order valence-electron chi connectivity index (χ0n) is 14.4. The van der Waals surface area contributed by atoms with Gasteiger partial charge in [0.1, 0.15) is 0 Å². The number of hydrogen-bond donors (Lipinski definition) is 2. The van der Waals surface area contributed by atoms with Crippen molar-refractivity contribution in [3.8, 4) is 0 Å². The van der Waals surface area contributed by atoms with Crippen LogP contribution in [0.4, 0.5) is 0 Å². The molecule has 0 heterocycles. The number of methoxy groups -OCH3 is 1. The first-order chi connectivity index (χ1) is 11.4. The van der Waals surface area contributed by atoms with E-state index < -0.39 is 10.0 Å². The van der Waals surface area contributed by atoms with E-state index in [1.807, 2.05) is 6.92 Å². The Morgan fingerprint density at radius 3 is 2.62 bits per heavy atom. The molecule has 24 heavy (non-hydrogen) atoms. The van der Waals surface area contributed by atoms with Gasteiger partial charge in [-0.05, 0) is 38.0 Å². The molecule has 0 spiro atoms. The van der Waals surface area contributed by atoms with Crippen molar-refractivity contribution in [1.82, 2.24) is 10.0 Å². The van der Waals surface area contributed by atoms with Gasteiger partial charge in [-0.1, -0.05) is 6.07 Å². The fraction of sp³-hybridized carbons (Fsp3) is 0.562. The number of aryl methyl sites for hydroxylation is 1. The fourth-order valence-corrected chi connectivity index (χ4v) is 3.08. The van der Waals surface area contributed by atoms with Crippen molar-refractivity contribution in [3.63, 3.8) is 0 Å². The van der Waals surface area contributed by atoms with Gasteiger partial charge in [0, 0.05) is 39.0 Å². The molecule has 0 atom stereocenters. The molecular formula is C16H26N2O5S. The van der Waals surface area contributed by atoms with Crippen LogP contribution in [0.15, 0.2) is 23.1 Å². The predicted octanol–water partition coefficient (Wildman–Crippen LogP) is 1.08. The van der Waals surface area contributed by atoms with Crippen LogP contribution in [0.3, 0.4) is 0 Å². The first-order valence-corrected chi connectivity index (χ1v) is 9.36. The summed E-state index contributed by atoms with van der Waals surface area (Å²) in [6, 6.07) is 4.51. The summed E-state index contributed by atoms with van der Waals surface area (Å²) in [5.41, 5.74) is 1.04. The molecule has 136 valence electrons. The Bertz CT molecular complexity index is 631. The van der Waals surface area contributed by atoms with Gasteiger partial charge in [0.2, 0.25) is 10.0 Å². The van der Waals surface area contributed by atoms with Gasteiger partial charge in [-0.2, -0.15) is 0 Å². The van der Waals surface area contributed by atoms with Crippen molar-refractivity contribution in [1.29, 1.82) is 0 Å². The van der Waals surface area contributed by atoms with Gasteiger partial charge < -0.3 is 14.8 Å². The van der Waals surface area contributed by atoms with Gasteiger partial charge in [0.05, 0.1) is 11.5 Å². The summed E-state index contributed by atoms with van der Waals surface area (Å²) in [4.78, 5) is 12.2. The zero-order chi connectivity index (χ0) is 18.0. The van der Waals surface area contributed by atoms with Crippen molar-refractivity contribution in [2.45, 2.75) is 25.2 Å². The number of carbonyl (C=O) groups excluding carboxylic acids is 1. The van der Waals surface area contributed by atoms with Crippen LogP contribution in [0.1, 0.15) is 29.3 Å².